The first-order valence-corrected chi connectivity index (χ1v) is 8.38. The second kappa shape index (κ2) is 7.29. The molecule has 0 radical (unpaired) electrons. The number of aromatic nitrogens is 3. The highest BCUT2D eigenvalue weighted by Gasteiger charge is 2.20. The Hall–Kier alpha value is -0.550. The van der Waals surface area contributed by atoms with Crippen molar-refractivity contribution in [3.05, 3.63) is 5.82 Å². The maximum atomic E-state index is 9.28. The highest BCUT2D eigenvalue weighted by Crippen LogP contribution is 2.32. The molecule has 1 aliphatic rings. The van der Waals surface area contributed by atoms with Gasteiger partial charge in [-0.2, -0.15) is 0 Å². The minimum atomic E-state index is -0.0198. The first-order valence-electron chi connectivity index (χ1n) is 7.40. The van der Waals surface area contributed by atoms with E-state index in [1.807, 2.05) is 11.8 Å². The molecule has 4 nitrogen and oxygen atoms in total. The lowest BCUT2D eigenvalue weighted by Crippen LogP contribution is -2.15. The van der Waals surface area contributed by atoms with Crippen LogP contribution < -0.4 is 0 Å². The third-order valence-electron chi connectivity index (χ3n) is 3.88. The van der Waals surface area contributed by atoms with Crippen molar-refractivity contribution in [2.75, 3.05) is 5.75 Å². The van der Waals surface area contributed by atoms with Crippen molar-refractivity contribution in [3.8, 4) is 0 Å². The second-order valence-corrected chi connectivity index (χ2v) is 6.64. The molecule has 1 fully saturated rings. The predicted octanol–water partition coefficient (Wildman–Crippen LogP) is 3.10. The van der Waals surface area contributed by atoms with Crippen LogP contribution in [-0.2, 0) is 13.2 Å². The normalized spacial score (nSPS) is 23.7. The Kier molecular flexibility index (Phi) is 5.70. The Balaban J connectivity index is 1.93. The molecule has 19 heavy (non-hydrogen) atoms. The molecule has 1 N–H and O–H groups in total. The summed E-state index contributed by atoms with van der Waals surface area (Å²) >= 11 is 1.81. The van der Waals surface area contributed by atoms with E-state index in [1.165, 1.54) is 25.7 Å². The van der Waals surface area contributed by atoms with Gasteiger partial charge in [0, 0.05) is 12.3 Å². The number of aliphatic hydroxyl groups excluding tert-OH is 1. The lowest BCUT2D eigenvalue weighted by Gasteiger charge is -2.26. The molecule has 0 spiro atoms. The van der Waals surface area contributed by atoms with Gasteiger partial charge >= 0.3 is 0 Å². The van der Waals surface area contributed by atoms with Crippen LogP contribution in [0.3, 0.4) is 0 Å². The molecule has 1 aromatic rings. The number of nitrogens with zero attached hydrogens (tertiary/aromatic N) is 3. The lowest BCUT2D eigenvalue weighted by molar-refractivity contribution is 0.263. The van der Waals surface area contributed by atoms with Crippen LogP contribution in [0.4, 0.5) is 0 Å². The van der Waals surface area contributed by atoms with Crippen LogP contribution >= 0.6 is 11.8 Å². The highest BCUT2D eigenvalue weighted by molar-refractivity contribution is 7.99. The maximum absolute atomic E-state index is 9.28. The van der Waals surface area contributed by atoms with Gasteiger partial charge in [-0.1, -0.05) is 38.5 Å². The summed E-state index contributed by atoms with van der Waals surface area (Å²) in [4.78, 5) is 0. The van der Waals surface area contributed by atoms with Crippen molar-refractivity contribution in [1.82, 2.24) is 14.8 Å². The molecule has 0 saturated heterocycles. The van der Waals surface area contributed by atoms with Crippen molar-refractivity contribution in [3.63, 3.8) is 0 Å². The Morgan fingerprint density at radius 3 is 2.89 bits per heavy atom. The summed E-state index contributed by atoms with van der Waals surface area (Å²) in [6.07, 6.45) is 6.50. The Morgan fingerprint density at radius 1 is 1.37 bits per heavy atom. The number of aliphatic hydroxyl groups is 1. The van der Waals surface area contributed by atoms with Gasteiger partial charge < -0.3 is 9.67 Å². The molecule has 0 aromatic carbocycles. The molecule has 2 atom stereocenters. The van der Waals surface area contributed by atoms with Crippen molar-refractivity contribution in [1.29, 1.82) is 0 Å². The Labute approximate surface area is 120 Å². The van der Waals surface area contributed by atoms with Crippen molar-refractivity contribution in [2.24, 2.45) is 11.8 Å². The summed E-state index contributed by atoms with van der Waals surface area (Å²) in [5.41, 5.74) is 0. The number of hydrogen-bond donors (Lipinski definition) is 1. The maximum Gasteiger partial charge on any atom is 0.191 e. The molecule has 1 saturated carbocycles. The quantitative estimate of drug-likeness (QED) is 0.815. The summed E-state index contributed by atoms with van der Waals surface area (Å²) < 4.78 is 2.07. The smallest absolute Gasteiger partial charge is 0.191 e. The largest absolute Gasteiger partial charge is 0.388 e. The monoisotopic (exact) mass is 283 g/mol. The van der Waals surface area contributed by atoms with Gasteiger partial charge in [0.2, 0.25) is 0 Å². The summed E-state index contributed by atoms with van der Waals surface area (Å²) in [7, 11) is 0. The van der Waals surface area contributed by atoms with Gasteiger partial charge in [0.25, 0.3) is 0 Å². The van der Waals surface area contributed by atoms with Gasteiger partial charge in [0.1, 0.15) is 6.61 Å². The van der Waals surface area contributed by atoms with Gasteiger partial charge in [-0.05, 0) is 31.1 Å². The zero-order valence-electron chi connectivity index (χ0n) is 12.0. The SMILES string of the molecule is CCCn1c(CO)nnc1SCC1CCCC(C)C1. The molecular formula is C14H25N3OS. The van der Waals surface area contributed by atoms with Gasteiger partial charge in [-0.3, -0.25) is 0 Å². The van der Waals surface area contributed by atoms with E-state index in [1.54, 1.807) is 0 Å². The van der Waals surface area contributed by atoms with E-state index >= 15 is 0 Å². The lowest BCUT2D eigenvalue weighted by atomic mass is 9.83. The molecule has 1 heterocycles. The van der Waals surface area contributed by atoms with Crippen LogP contribution in [0.1, 0.15) is 51.8 Å². The third kappa shape index (κ3) is 3.96. The fourth-order valence-corrected chi connectivity index (χ4v) is 4.03. The van der Waals surface area contributed by atoms with E-state index in [-0.39, 0.29) is 6.61 Å². The van der Waals surface area contributed by atoms with Crippen LogP contribution in [0.15, 0.2) is 5.16 Å². The molecule has 1 aromatic heterocycles. The fraction of sp³-hybridized carbons (Fsp3) is 0.857. The van der Waals surface area contributed by atoms with Crippen molar-refractivity contribution < 1.29 is 5.11 Å². The van der Waals surface area contributed by atoms with Crippen LogP contribution in [0.25, 0.3) is 0 Å². The first-order chi connectivity index (χ1) is 9.24. The molecule has 0 bridgehead atoms. The molecule has 1 aliphatic carbocycles. The molecule has 2 unspecified atom stereocenters. The Bertz CT molecular complexity index is 394. The topological polar surface area (TPSA) is 50.9 Å². The predicted molar refractivity (Wildman–Crippen MR) is 78.1 cm³/mol. The fourth-order valence-electron chi connectivity index (χ4n) is 2.89. The zero-order valence-corrected chi connectivity index (χ0v) is 12.8. The average Bonchev–Trinajstić information content (AvgIpc) is 2.79. The van der Waals surface area contributed by atoms with E-state index in [0.717, 1.165) is 35.7 Å². The molecular weight excluding hydrogens is 258 g/mol. The van der Waals surface area contributed by atoms with Gasteiger partial charge in [0.05, 0.1) is 0 Å². The summed E-state index contributed by atoms with van der Waals surface area (Å²) in [6.45, 7) is 5.37. The van der Waals surface area contributed by atoms with Crippen LogP contribution in [0.2, 0.25) is 0 Å². The minimum absolute atomic E-state index is 0.0198. The van der Waals surface area contributed by atoms with Crippen molar-refractivity contribution in [2.45, 2.75) is 64.3 Å². The van der Waals surface area contributed by atoms with Crippen molar-refractivity contribution >= 4 is 11.8 Å². The van der Waals surface area contributed by atoms with Crippen LogP contribution in [-0.4, -0.2) is 25.6 Å². The second-order valence-electron chi connectivity index (χ2n) is 5.66. The van der Waals surface area contributed by atoms with E-state index in [9.17, 15) is 5.11 Å². The van der Waals surface area contributed by atoms with Gasteiger partial charge in [-0.25, -0.2) is 0 Å². The summed E-state index contributed by atoms with van der Waals surface area (Å²) in [5, 5.41) is 18.6. The molecule has 108 valence electrons. The molecule has 0 aliphatic heterocycles. The molecule has 0 amide bonds. The minimum Gasteiger partial charge on any atom is -0.388 e. The highest BCUT2D eigenvalue weighted by atomic mass is 32.2. The average molecular weight is 283 g/mol. The third-order valence-corrected chi connectivity index (χ3v) is 5.07. The summed E-state index contributed by atoms with van der Waals surface area (Å²) in [6, 6.07) is 0. The van der Waals surface area contributed by atoms with Gasteiger partial charge in [0.15, 0.2) is 11.0 Å². The van der Waals surface area contributed by atoms with E-state index in [0.29, 0.717) is 5.82 Å². The van der Waals surface area contributed by atoms with E-state index in [4.69, 9.17) is 0 Å². The number of thioether (sulfide) groups is 1. The summed E-state index contributed by atoms with van der Waals surface area (Å²) in [5.74, 6) is 3.53. The van der Waals surface area contributed by atoms with Crippen LogP contribution in [0.5, 0.6) is 0 Å². The molecule has 5 heteroatoms. The standard InChI is InChI=1S/C14H25N3OS/c1-3-7-17-13(9-18)15-16-14(17)19-10-12-6-4-5-11(2)8-12/h11-12,18H,3-10H2,1-2H3. The van der Waals surface area contributed by atoms with Gasteiger partial charge in [-0.15, -0.1) is 10.2 Å². The first kappa shape index (κ1) is 14.9. The Morgan fingerprint density at radius 2 is 2.21 bits per heavy atom. The number of hydrogen-bond acceptors (Lipinski definition) is 4. The van der Waals surface area contributed by atoms with Crippen LogP contribution in [0, 0.1) is 11.8 Å². The zero-order chi connectivity index (χ0) is 13.7. The van der Waals surface area contributed by atoms with E-state index in [2.05, 4.69) is 28.6 Å². The van der Waals surface area contributed by atoms with E-state index < -0.39 is 0 Å². The molecule has 2 rings (SSSR count). The number of rotatable bonds is 6.